The summed E-state index contributed by atoms with van der Waals surface area (Å²) in [7, 11) is 0. The average Bonchev–Trinajstić information content (AvgIpc) is 2.98. The first-order chi connectivity index (χ1) is 11.8. The van der Waals surface area contributed by atoms with Crippen molar-refractivity contribution >= 4 is 18.1 Å². The first kappa shape index (κ1) is 19.8. The van der Waals surface area contributed by atoms with Crippen molar-refractivity contribution in [3.63, 3.8) is 0 Å². The Labute approximate surface area is 159 Å². The zero-order chi connectivity index (χ0) is 17.0. The van der Waals surface area contributed by atoms with Gasteiger partial charge in [-0.2, -0.15) is 0 Å². The number of fused-ring (bicyclic) bond motifs is 1. The van der Waals surface area contributed by atoms with Crippen LogP contribution in [0.5, 0.6) is 0 Å². The zero-order valence-electron chi connectivity index (χ0n) is 15.7. The molecule has 2 unspecified atom stereocenters. The summed E-state index contributed by atoms with van der Waals surface area (Å²) in [6.07, 6.45) is 2.28. The molecule has 0 saturated carbocycles. The Morgan fingerprint density at radius 2 is 1.56 bits per heavy atom. The summed E-state index contributed by atoms with van der Waals surface area (Å²) >= 11 is 0. The highest BCUT2D eigenvalue weighted by Crippen LogP contribution is 2.49. The van der Waals surface area contributed by atoms with Gasteiger partial charge in [0.1, 0.15) is 0 Å². The lowest BCUT2D eigenvalue weighted by Gasteiger charge is -2.38. The molecule has 2 nitrogen and oxygen atoms in total. The number of halogens is 1. The third-order valence-electron chi connectivity index (χ3n) is 5.75. The Hall–Kier alpha value is -1.51. The van der Waals surface area contributed by atoms with Gasteiger partial charge in [-0.1, -0.05) is 69.3 Å². The predicted octanol–water partition coefficient (Wildman–Crippen LogP) is 5.33. The lowest BCUT2D eigenvalue weighted by Crippen LogP contribution is -2.42. The first-order valence-corrected chi connectivity index (χ1v) is 9.40. The van der Waals surface area contributed by atoms with Crippen molar-refractivity contribution in [2.24, 2.45) is 0 Å². The molecule has 1 heterocycles. The van der Waals surface area contributed by atoms with Gasteiger partial charge in [0, 0.05) is 17.1 Å². The summed E-state index contributed by atoms with van der Waals surface area (Å²) in [5.74, 6) is 0. The predicted molar refractivity (Wildman–Crippen MR) is 111 cm³/mol. The minimum atomic E-state index is 0. The monoisotopic (exact) mass is 358 g/mol. The maximum absolute atomic E-state index is 3.81. The van der Waals surface area contributed by atoms with Crippen LogP contribution in [0.15, 0.2) is 54.6 Å². The van der Waals surface area contributed by atoms with Crippen LogP contribution in [-0.2, 0) is 5.41 Å². The van der Waals surface area contributed by atoms with Crippen molar-refractivity contribution < 1.29 is 0 Å². The molecule has 1 aliphatic rings. The molecule has 2 atom stereocenters. The lowest BCUT2D eigenvalue weighted by molar-refractivity contribution is 0.263. The third-order valence-corrected chi connectivity index (χ3v) is 5.75. The summed E-state index contributed by atoms with van der Waals surface area (Å²) in [5, 5.41) is 3.81. The summed E-state index contributed by atoms with van der Waals surface area (Å²) < 4.78 is 0. The van der Waals surface area contributed by atoms with Crippen LogP contribution in [0.3, 0.4) is 0 Å². The quantitative estimate of drug-likeness (QED) is 0.719. The number of hydrogen-bond donors (Lipinski definition) is 1. The van der Waals surface area contributed by atoms with Gasteiger partial charge in [-0.3, -0.25) is 0 Å². The second-order valence-electron chi connectivity index (χ2n) is 6.77. The largest absolute Gasteiger partial charge is 0.381 e. The molecule has 2 aromatic carbocycles. The van der Waals surface area contributed by atoms with E-state index >= 15 is 0 Å². The van der Waals surface area contributed by atoms with Crippen LogP contribution < -0.4 is 5.32 Å². The fourth-order valence-electron chi connectivity index (χ4n) is 4.37. The highest BCUT2D eigenvalue weighted by molar-refractivity contribution is 5.85. The third kappa shape index (κ3) is 3.56. The molecule has 0 saturated heterocycles. The van der Waals surface area contributed by atoms with Crippen molar-refractivity contribution in [2.45, 2.75) is 45.1 Å². The van der Waals surface area contributed by atoms with Crippen molar-refractivity contribution in [3.05, 3.63) is 65.7 Å². The normalized spacial score (nSPS) is 21.5. The zero-order valence-corrected chi connectivity index (χ0v) is 16.5. The Morgan fingerprint density at radius 1 is 0.920 bits per heavy atom. The van der Waals surface area contributed by atoms with Gasteiger partial charge in [0.05, 0.1) is 0 Å². The fraction of sp³-hybridized carbons (Fsp3) is 0.455. The van der Waals surface area contributed by atoms with Gasteiger partial charge in [-0.15, -0.1) is 12.4 Å². The van der Waals surface area contributed by atoms with E-state index in [0.717, 1.165) is 32.5 Å². The van der Waals surface area contributed by atoms with Crippen LogP contribution in [0.1, 0.15) is 44.7 Å². The summed E-state index contributed by atoms with van der Waals surface area (Å²) in [4.78, 5) is 2.54. The Balaban J connectivity index is 0.00000225. The number of benzene rings is 2. The molecule has 0 radical (unpaired) electrons. The van der Waals surface area contributed by atoms with Crippen LogP contribution in [-0.4, -0.2) is 30.6 Å². The summed E-state index contributed by atoms with van der Waals surface area (Å²) in [6.45, 7) is 10.2. The second-order valence-corrected chi connectivity index (χ2v) is 6.77. The molecule has 3 rings (SSSR count). The molecule has 3 heteroatoms. The molecule has 1 N–H and O–H groups in total. The van der Waals surface area contributed by atoms with E-state index in [-0.39, 0.29) is 17.8 Å². The molecule has 0 amide bonds. The van der Waals surface area contributed by atoms with Gasteiger partial charge in [0.25, 0.3) is 0 Å². The van der Waals surface area contributed by atoms with Gasteiger partial charge in [0.2, 0.25) is 0 Å². The Bertz CT molecular complexity index is 654. The maximum Gasteiger partial charge on any atom is 0.0436 e. The molecular formula is C22H31ClN2. The smallest absolute Gasteiger partial charge is 0.0436 e. The van der Waals surface area contributed by atoms with Gasteiger partial charge in [0.15, 0.2) is 0 Å². The minimum absolute atomic E-state index is 0. The summed E-state index contributed by atoms with van der Waals surface area (Å²) in [5.41, 5.74) is 4.29. The SMILES string of the molecule is CCC1Nc2ccccc2C1(CCN(CC)CC)c1ccccc1.Cl. The van der Waals surface area contributed by atoms with Crippen molar-refractivity contribution in [2.75, 3.05) is 25.0 Å². The fourth-order valence-corrected chi connectivity index (χ4v) is 4.37. The van der Waals surface area contributed by atoms with Crippen LogP contribution in [0.2, 0.25) is 0 Å². The van der Waals surface area contributed by atoms with Gasteiger partial charge >= 0.3 is 0 Å². The van der Waals surface area contributed by atoms with E-state index < -0.39 is 0 Å². The van der Waals surface area contributed by atoms with Crippen LogP contribution >= 0.6 is 12.4 Å². The molecule has 0 aromatic heterocycles. The topological polar surface area (TPSA) is 15.3 Å². The molecule has 25 heavy (non-hydrogen) atoms. The van der Waals surface area contributed by atoms with E-state index in [9.17, 15) is 0 Å². The van der Waals surface area contributed by atoms with Crippen LogP contribution in [0, 0.1) is 0 Å². The van der Waals surface area contributed by atoms with Gasteiger partial charge < -0.3 is 10.2 Å². The van der Waals surface area contributed by atoms with Crippen molar-refractivity contribution in [3.8, 4) is 0 Å². The molecule has 0 bridgehead atoms. The molecule has 0 fully saturated rings. The minimum Gasteiger partial charge on any atom is -0.381 e. The highest BCUT2D eigenvalue weighted by Gasteiger charge is 2.46. The van der Waals surface area contributed by atoms with Crippen molar-refractivity contribution in [1.82, 2.24) is 4.90 Å². The number of nitrogens with zero attached hydrogens (tertiary/aromatic N) is 1. The van der Waals surface area contributed by atoms with E-state index in [2.05, 4.69) is 85.6 Å². The van der Waals surface area contributed by atoms with Crippen LogP contribution in [0.25, 0.3) is 0 Å². The van der Waals surface area contributed by atoms with E-state index in [0.29, 0.717) is 6.04 Å². The number of para-hydroxylation sites is 1. The van der Waals surface area contributed by atoms with E-state index in [1.807, 2.05) is 0 Å². The highest BCUT2D eigenvalue weighted by atomic mass is 35.5. The summed E-state index contributed by atoms with van der Waals surface area (Å²) in [6, 6.07) is 20.5. The second kappa shape index (κ2) is 8.73. The Morgan fingerprint density at radius 3 is 2.20 bits per heavy atom. The molecule has 0 spiro atoms. The Kier molecular flexibility index (Phi) is 6.92. The molecule has 1 aliphatic heterocycles. The van der Waals surface area contributed by atoms with E-state index in [1.54, 1.807) is 0 Å². The maximum atomic E-state index is 3.81. The number of nitrogens with one attached hydrogen (secondary N) is 1. The van der Waals surface area contributed by atoms with Crippen molar-refractivity contribution in [1.29, 1.82) is 0 Å². The van der Waals surface area contributed by atoms with Gasteiger partial charge in [-0.25, -0.2) is 0 Å². The molecule has 136 valence electrons. The number of hydrogen-bond acceptors (Lipinski definition) is 2. The number of rotatable bonds is 7. The lowest BCUT2D eigenvalue weighted by atomic mass is 9.68. The average molecular weight is 359 g/mol. The first-order valence-electron chi connectivity index (χ1n) is 9.40. The standard InChI is InChI=1S/C22H30N2.ClH/c1-4-21-22(16-17-24(5-2)6-3,18-12-8-7-9-13-18)19-14-10-11-15-20(19)23-21;/h7-15,21,23H,4-6,16-17H2,1-3H3;1H. The van der Waals surface area contributed by atoms with E-state index in [4.69, 9.17) is 0 Å². The molecule has 0 aliphatic carbocycles. The molecule has 2 aromatic rings. The number of anilines is 1. The van der Waals surface area contributed by atoms with Gasteiger partial charge in [-0.05, 0) is 49.7 Å². The van der Waals surface area contributed by atoms with Crippen LogP contribution in [0.4, 0.5) is 5.69 Å². The molecular weight excluding hydrogens is 328 g/mol. The van der Waals surface area contributed by atoms with E-state index in [1.165, 1.54) is 16.8 Å².